The van der Waals surface area contributed by atoms with Crippen LogP contribution in [0.15, 0.2) is 53.9 Å². The molecule has 1 heterocycles. The maximum Gasteiger partial charge on any atom is 0.0477 e. The SMILES string of the molecule is Cc1ccccc1CCC(NN)c1cccc2ccsc12. The minimum absolute atomic E-state index is 0.187. The number of fused-ring (bicyclic) bond motifs is 1. The molecule has 0 aliphatic heterocycles. The Kier molecular flexibility index (Phi) is 4.34. The summed E-state index contributed by atoms with van der Waals surface area (Å²) in [4.78, 5) is 0. The van der Waals surface area contributed by atoms with Crippen molar-refractivity contribution in [3.63, 3.8) is 0 Å². The van der Waals surface area contributed by atoms with E-state index in [1.165, 1.54) is 26.8 Å². The van der Waals surface area contributed by atoms with Gasteiger partial charge in [-0.25, -0.2) is 0 Å². The van der Waals surface area contributed by atoms with E-state index in [4.69, 9.17) is 5.84 Å². The first kappa shape index (κ1) is 14.3. The summed E-state index contributed by atoms with van der Waals surface area (Å²) in [5.41, 5.74) is 7.05. The number of rotatable bonds is 5. The van der Waals surface area contributed by atoms with Crippen molar-refractivity contribution < 1.29 is 0 Å². The van der Waals surface area contributed by atoms with E-state index in [1.807, 2.05) is 0 Å². The van der Waals surface area contributed by atoms with Gasteiger partial charge in [0, 0.05) is 10.7 Å². The standard InChI is InChI=1S/C18H20N2S/c1-13-5-2-3-6-14(13)9-10-17(20-19)16-8-4-7-15-11-12-21-18(15)16/h2-8,11-12,17,20H,9-10,19H2,1H3. The molecule has 3 heteroatoms. The summed E-state index contributed by atoms with van der Waals surface area (Å²) in [6, 6.07) is 17.4. The van der Waals surface area contributed by atoms with Crippen LogP contribution >= 0.6 is 11.3 Å². The summed E-state index contributed by atoms with van der Waals surface area (Å²) in [6.45, 7) is 2.17. The highest BCUT2D eigenvalue weighted by Crippen LogP contribution is 2.30. The molecule has 3 N–H and O–H groups in total. The molecule has 108 valence electrons. The highest BCUT2D eigenvalue weighted by Gasteiger charge is 2.14. The molecule has 3 rings (SSSR count). The van der Waals surface area contributed by atoms with Gasteiger partial charge in [-0.2, -0.15) is 0 Å². The summed E-state index contributed by atoms with van der Waals surface area (Å²) in [7, 11) is 0. The third-order valence-corrected chi connectivity index (χ3v) is 5.03. The molecule has 0 amide bonds. The zero-order chi connectivity index (χ0) is 14.7. The molecule has 0 saturated carbocycles. The van der Waals surface area contributed by atoms with Gasteiger partial charge in [0.05, 0.1) is 0 Å². The molecule has 0 spiro atoms. The monoisotopic (exact) mass is 296 g/mol. The lowest BCUT2D eigenvalue weighted by molar-refractivity contribution is 0.519. The maximum atomic E-state index is 5.82. The van der Waals surface area contributed by atoms with E-state index in [2.05, 4.69) is 66.3 Å². The summed E-state index contributed by atoms with van der Waals surface area (Å²) >= 11 is 1.79. The lowest BCUT2D eigenvalue weighted by Crippen LogP contribution is -2.28. The normalized spacial score (nSPS) is 12.7. The fourth-order valence-electron chi connectivity index (χ4n) is 2.81. The largest absolute Gasteiger partial charge is 0.271 e. The number of benzene rings is 2. The van der Waals surface area contributed by atoms with Crippen molar-refractivity contribution in [1.29, 1.82) is 0 Å². The van der Waals surface area contributed by atoms with Crippen LogP contribution in [0.3, 0.4) is 0 Å². The number of hydrazine groups is 1. The number of aryl methyl sites for hydroxylation is 2. The smallest absolute Gasteiger partial charge is 0.0477 e. The Hall–Kier alpha value is -1.68. The summed E-state index contributed by atoms with van der Waals surface area (Å²) in [5, 5.41) is 3.44. The molecule has 1 aromatic heterocycles. The Morgan fingerprint density at radius 2 is 1.95 bits per heavy atom. The molecule has 0 aliphatic rings. The van der Waals surface area contributed by atoms with E-state index in [1.54, 1.807) is 11.3 Å². The van der Waals surface area contributed by atoms with Crippen LogP contribution in [0, 0.1) is 6.92 Å². The molecule has 2 nitrogen and oxygen atoms in total. The van der Waals surface area contributed by atoms with Gasteiger partial charge in [-0.1, -0.05) is 42.5 Å². The number of thiophene rings is 1. The fourth-order valence-corrected chi connectivity index (χ4v) is 3.78. The molecule has 0 radical (unpaired) electrons. The average molecular weight is 296 g/mol. The number of hydrogen-bond acceptors (Lipinski definition) is 3. The minimum Gasteiger partial charge on any atom is -0.271 e. The van der Waals surface area contributed by atoms with Crippen molar-refractivity contribution >= 4 is 21.4 Å². The van der Waals surface area contributed by atoms with Crippen LogP contribution in [0.25, 0.3) is 10.1 Å². The lowest BCUT2D eigenvalue weighted by Gasteiger charge is -2.18. The molecule has 2 aromatic carbocycles. The quantitative estimate of drug-likeness (QED) is 0.543. The second kappa shape index (κ2) is 6.39. The second-order valence-electron chi connectivity index (χ2n) is 5.37. The van der Waals surface area contributed by atoms with Crippen LogP contribution in [-0.4, -0.2) is 0 Å². The van der Waals surface area contributed by atoms with Crippen LogP contribution in [-0.2, 0) is 6.42 Å². The number of nitrogens with one attached hydrogen (secondary N) is 1. The van der Waals surface area contributed by atoms with Crippen LogP contribution in [0.2, 0.25) is 0 Å². The van der Waals surface area contributed by atoms with Crippen molar-refractivity contribution in [1.82, 2.24) is 5.43 Å². The second-order valence-corrected chi connectivity index (χ2v) is 6.29. The topological polar surface area (TPSA) is 38.0 Å². The van der Waals surface area contributed by atoms with E-state index in [-0.39, 0.29) is 6.04 Å². The Labute approximate surface area is 129 Å². The van der Waals surface area contributed by atoms with Gasteiger partial charge in [0.2, 0.25) is 0 Å². The number of hydrogen-bond donors (Lipinski definition) is 2. The highest BCUT2D eigenvalue weighted by atomic mass is 32.1. The predicted octanol–water partition coefficient (Wildman–Crippen LogP) is 4.35. The van der Waals surface area contributed by atoms with E-state index in [0.717, 1.165) is 12.8 Å². The first-order chi connectivity index (χ1) is 10.3. The van der Waals surface area contributed by atoms with Gasteiger partial charge >= 0.3 is 0 Å². The molecule has 21 heavy (non-hydrogen) atoms. The molecule has 0 aliphatic carbocycles. The Bertz CT molecular complexity index is 733. The van der Waals surface area contributed by atoms with Crippen LogP contribution < -0.4 is 11.3 Å². The van der Waals surface area contributed by atoms with E-state index in [9.17, 15) is 0 Å². The van der Waals surface area contributed by atoms with Crippen molar-refractivity contribution in [3.05, 3.63) is 70.6 Å². The van der Waals surface area contributed by atoms with Crippen molar-refractivity contribution in [2.75, 3.05) is 0 Å². The molecule has 3 aromatic rings. The number of nitrogens with two attached hydrogens (primary N) is 1. The maximum absolute atomic E-state index is 5.82. The molecule has 1 unspecified atom stereocenters. The molecule has 0 fully saturated rings. The van der Waals surface area contributed by atoms with E-state index < -0.39 is 0 Å². The van der Waals surface area contributed by atoms with Crippen molar-refractivity contribution in [3.8, 4) is 0 Å². The molecule has 1 atom stereocenters. The Morgan fingerprint density at radius 3 is 2.76 bits per heavy atom. The van der Waals surface area contributed by atoms with Crippen LogP contribution in [0.1, 0.15) is 29.2 Å². The summed E-state index contributed by atoms with van der Waals surface area (Å²) in [5.74, 6) is 5.82. The fraction of sp³-hybridized carbons (Fsp3) is 0.222. The van der Waals surface area contributed by atoms with Gasteiger partial charge in [0.25, 0.3) is 0 Å². The van der Waals surface area contributed by atoms with Gasteiger partial charge < -0.3 is 0 Å². The summed E-state index contributed by atoms with van der Waals surface area (Å²) < 4.78 is 1.34. The lowest BCUT2D eigenvalue weighted by atomic mass is 9.96. The Balaban J connectivity index is 1.82. The average Bonchev–Trinajstić information content (AvgIpc) is 2.98. The Morgan fingerprint density at radius 1 is 1.10 bits per heavy atom. The zero-order valence-corrected chi connectivity index (χ0v) is 13.0. The summed E-state index contributed by atoms with van der Waals surface area (Å²) in [6.07, 6.45) is 2.03. The van der Waals surface area contributed by atoms with E-state index in [0.29, 0.717) is 0 Å². The highest BCUT2D eigenvalue weighted by molar-refractivity contribution is 7.17. The predicted molar refractivity (Wildman–Crippen MR) is 91.4 cm³/mol. The molecular weight excluding hydrogens is 276 g/mol. The van der Waals surface area contributed by atoms with Crippen LogP contribution in [0.5, 0.6) is 0 Å². The van der Waals surface area contributed by atoms with Crippen LogP contribution in [0.4, 0.5) is 0 Å². The van der Waals surface area contributed by atoms with Gasteiger partial charge in [-0.15, -0.1) is 11.3 Å². The van der Waals surface area contributed by atoms with Crippen molar-refractivity contribution in [2.45, 2.75) is 25.8 Å². The molecular formula is C18H20N2S. The third kappa shape index (κ3) is 3.00. The molecule has 0 saturated heterocycles. The van der Waals surface area contributed by atoms with Gasteiger partial charge in [0.1, 0.15) is 0 Å². The first-order valence-corrected chi connectivity index (χ1v) is 8.14. The van der Waals surface area contributed by atoms with Crippen molar-refractivity contribution in [2.24, 2.45) is 5.84 Å². The van der Waals surface area contributed by atoms with Gasteiger partial charge in [-0.3, -0.25) is 11.3 Å². The van der Waals surface area contributed by atoms with Gasteiger partial charge in [-0.05, 0) is 53.3 Å². The molecule has 0 bridgehead atoms. The third-order valence-electron chi connectivity index (χ3n) is 4.05. The minimum atomic E-state index is 0.187. The zero-order valence-electron chi connectivity index (χ0n) is 12.2. The first-order valence-electron chi connectivity index (χ1n) is 7.26. The van der Waals surface area contributed by atoms with E-state index >= 15 is 0 Å². The van der Waals surface area contributed by atoms with Gasteiger partial charge in [0.15, 0.2) is 0 Å².